The molecule has 9 nitrogen and oxygen atoms in total. The minimum absolute atomic E-state index is 0.132. The van der Waals surface area contributed by atoms with Crippen LogP contribution in [0, 0.1) is 0 Å². The second-order valence-corrected chi connectivity index (χ2v) is 10.2. The highest BCUT2D eigenvalue weighted by atomic mass is 32.2. The van der Waals surface area contributed by atoms with Crippen LogP contribution in [0.2, 0.25) is 0 Å². The van der Waals surface area contributed by atoms with Crippen molar-refractivity contribution in [1.82, 2.24) is 20.1 Å². The van der Waals surface area contributed by atoms with E-state index in [9.17, 15) is 18.0 Å². The molecule has 1 saturated heterocycles. The monoisotopic (exact) mass is 496 g/mol. The topological polar surface area (TPSA) is 112 Å². The number of benzene rings is 2. The molecule has 1 aliphatic heterocycles. The summed E-state index contributed by atoms with van der Waals surface area (Å²) < 4.78 is 32.8. The van der Waals surface area contributed by atoms with Crippen LogP contribution in [0.4, 0.5) is 0 Å². The Kier molecular flexibility index (Phi) is 7.96. The Hall–Kier alpha value is -3.47. The smallest absolute Gasteiger partial charge is 0.269 e. The van der Waals surface area contributed by atoms with Gasteiger partial charge in [0, 0.05) is 51.1 Å². The van der Waals surface area contributed by atoms with Gasteiger partial charge in [-0.25, -0.2) is 8.42 Å². The molecule has 0 spiro atoms. The summed E-state index contributed by atoms with van der Waals surface area (Å²) >= 11 is 0. The van der Waals surface area contributed by atoms with Crippen LogP contribution in [0.15, 0.2) is 82.3 Å². The third-order valence-electron chi connectivity index (χ3n) is 5.83. The lowest BCUT2D eigenvalue weighted by Crippen LogP contribution is -2.48. The predicted molar refractivity (Wildman–Crippen MR) is 130 cm³/mol. The molecule has 184 valence electrons. The first-order valence-electron chi connectivity index (χ1n) is 11.4. The Morgan fingerprint density at radius 3 is 2.23 bits per heavy atom. The highest BCUT2D eigenvalue weighted by Crippen LogP contribution is 2.19. The quantitative estimate of drug-likeness (QED) is 0.463. The zero-order valence-corrected chi connectivity index (χ0v) is 20.0. The number of rotatable bonds is 8. The molecule has 10 heteroatoms. The minimum Gasteiger partial charge on any atom is -0.469 e. The molecule has 2 heterocycles. The molecule has 1 aromatic heterocycles. The van der Waals surface area contributed by atoms with Crippen molar-refractivity contribution in [3.63, 3.8) is 0 Å². The fourth-order valence-corrected chi connectivity index (χ4v) is 5.27. The van der Waals surface area contributed by atoms with E-state index in [-0.39, 0.29) is 22.8 Å². The van der Waals surface area contributed by atoms with Gasteiger partial charge in [-0.3, -0.25) is 25.3 Å². The van der Waals surface area contributed by atoms with Gasteiger partial charge in [0.1, 0.15) is 5.76 Å². The molecule has 35 heavy (non-hydrogen) atoms. The average Bonchev–Trinajstić information content (AvgIpc) is 3.41. The number of sulfonamides is 1. The van der Waals surface area contributed by atoms with E-state index >= 15 is 0 Å². The Balaban J connectivity index is 1.26. The SMILES string of the molecule is O=C(CCc1ccco1)NNC(=O)c1ccc(S(=O)(=O)N2CCN(Cc3ccccc3)CC2)cc1. The van der Waals surface area contributed by atoms with Crippen LogP contribution in [0.5, 0.6) is 0 Å². The number of nitrogens with zero attached hydrogens (tertiary/aromatic N) is 2. The molecule has 2 N–H and O–H groups in total. The van der Waals surface area contributed by atoms with Crippen molar-refractivity contribution in [2.75, 3.05) is 26.2 Å². The van der Waals surface area contributed by atoms with Gasteiger partial charge in [0.2, 0.25) is 15.9 Å². The van der Waals surface area contributed by atoms with Crippen LogP contribution in [0.25, 0.3) is 0 Å². The Morgan fingerprint density at radius 2 is 1.57 bits per heavy atom. The van der Waals surface area contributed by atoms with Gasteiger partial charge in [-0.05, 0) is 42.0 Å². The minimum atomic E-state index is -3.66. The maximum atomic E-state index is 13.1. The van der Waals surface area contributed by atoms with Crippen LogP contribution in [0.1, 0.15) is 28.1 Å². The number of hydrogen-bond donors (Lipinski definition) is 2. The summed E-state index contributed by atoms with van der Waals surface area (Å²) in [6.07, 6.45) is 2.11. The third-order valence-corrected chi connectivity index (χ3v) is 7.74. The Bertz CT molecular complexity index is 1220. The molecule has 0 aliphatic carbocycles. The average molecular weight is 497 g/mol. The number of piperazine rings is 1. The molecule has 1 aliphatic rings. The van der Waals surface area contributed by atoms with E-state index in [4.69, 9.17) is 4.42 Å². The lowest BCUT2D eigenvalue weighted by atomic mass is 10.2. The van der Waals surface area contributed by atoms with Crippen molar-refractivity contribution in [3.05, 3.63) is 89.9 Å². The molecule has 2 amide bonds. The lowest BCUT2D eigenvalue weighted by molar-refractivity contribution is -0.121. The summed E-state index contributed by atoms with van der Waals surface area (Å²) in [5, 5.41) is 0. The van der Waals surface area contributed by atoms with Crippen LogP contribution in [0.3, 0.4) is 0 Å². The van der Waals surface area contributed by atoms with Crippen molar-refractivity contribution in [2.45, 2.75) is 24.3 Å². The van der Waals surface area contributed by atoms with Gasteiger partial charge in [0.25, 0.3) is 5.91 Å². The number of hydrogen-bond acceptors (Lipinski definition) is 6. The van der Waals surface area contributed by atoms with Gasteiger partial charge in [0.05, 0.1) is 11.2 Å². The standard InChI is InChI=1S/C25H28N4O5S/c30-24(13-10-22-7-4-18-34-22)26-27-25(31)21-8-11-23(12-9-21)35(32,33)29-16-14-28(15-17-29)19-20-5-2-1-3-6-20/h1-9,11-12,18H,10,13-17,19H2,(H,26,30)(H,27,31). The van der Waals surface area contributed by atoms with Crippen LogP contribution >= 0.6 is 0 Å². The molecule has 4 rings (SSSR count). The first kappa shape index (κ1) is 24.6. The molecule has 0 saturated carbocycles. The summed E-state index contributed by atoms with van der Waals surface area (Å²) in [6, 6.07) is 19.3. The van der Waals surface area contributed by atoms with Gasteiger partial charge in [-0.1, -0.05) is 30.3 Å². The molecule has 0 bridgehead atoms. The fourth-order valence-electron chi connectivity index (χ4n) is 3.85. The van der Waals surface area contributed by atoms with Crippen molar-refractivity contribution in [2.24, 2.45) is 0 Å². The summed E-state index contributed by atoms with van der Waals surface area (Å²) in [4.78, 5) is 26.6. The molecule has 1 fully saturated rings. The lowest BCUT2D eigenvalue weighted by Gasteiger charge is -2.34. The highest BCUT2D eigenvalue weighted by Gasteiger charge is 2.28. The van der Waals surface area contributed by atoms with E-state index in [2.05, 4.69) is 27.9 Å². The van der Waals surface area contributed by atoms with Gasteiger partial charge >= 0.3 is 0 Å². The van der Waals surface area contributed by atoms with E-state index in [1.807, 2.05) is 18.2 Å². The number of hydrazine groups is 1. The summed E-state index contributed by atoms with van der Waals surface area (Å²) in [7, 11) is -3.66. The molecular formula is C25H28N4O5S. The largest absolute Gasteiger partial charge is 0.469 e. The molecule has 0 radical (unpaired) electrons. The van der Waals surface area contributed by atoms with E-state index < -0.39 is 15.9 Å². The number of aryl methyl sites for hydroxylation is 1. The second kappa shape index (κ2) is 11.3. The number of nitrogens with one attached hydrogen (secondary N) is 2. The van der Waals surface area contributed by atoms with Gasteiger partial charge in [-0.2, -0.15) is 4.31 Å². The second-order valence-electron chi connectivity index (χ2n) is 8.27. The predicted octanol–water partition coefficient (Wildman–Crippen LogP) is 2.18. The van der Waals surface area contributed by atoms with Crippen LogP contribution in [-0.4, -0.2) is 55.6 Å². The van der Waals surface area contributed by atoms with Crippen molar-refractivity contribution in [3.8, 4) is 0 Å². The normalized spacial score (nSPS) is 15.0. The Morgan fingerprint density at radius 1 is 0.857 bits per heavy atom. The maximum Gasteiger partial charge on any atom is 0.269 e. The maximum absolute atomic E-state index is 13.1. The summed E-state index contributed by atoms with van der Waals surface area (Å²) in [5.41, 5.74) is 6.13. The molecule has 0 unspecified atom stereocenters. The molecule has 2 aromatic carbocycles. The van der Waals surface area contributed by atoms with E-state index in [0.717, 1.165) is 6.54 Å². The first-order chi connectivity index (χ1) is 16.9. The molecule has 0 atom stereocenters. The number of carbonyl (C=O) groups is 2. The zero-order valence-electron chi connectivity index (χ0n) is 19.2. The van der Waals surface area contributed by atoms with E-state index in [0.29, 0.717) is 38.4 Å². The fraction of sp³-hybridized carbons (Fsp3) is 0.280. The van der Waals surface area contributed by atoms with Crippen molar-refractivity contribution < 1.29 is 22.4 Å². The zero-order chi connectivity index (χ0) is 24.7. The van der Waals surface area contributed by atoms with Crippen LogP contribution < -0.4 is 10.9 Å². The highest BCUT2D eigenvalue weighted by molar-refractivity contribution is 7.89. The third kappa shape index (κ3) is 6.56. The van der Waals surface area contributed by atoms with Crippen LogP contribution in [-0.2, 0) is 27.8 Å². The number of furan rings is 1. The van der Waals surface area contributed by atoms with Gasteiger partial charge in [-0.15, -0.1) is 0 Å². The Labute approximate surface area is 204 Å². The molecular weight excluding hydrogens is 468 g/mol. The first-order valence-corrected chi connectivity index (χ1v) is 12.8. The molecule has 3 aromatic rings. The summed E-state index contributed by atoms with van der Waals surface area (Å²) in [5.74, 6) is -0.212. The van der Waals surface area contributed by atoms with Gasteiger partial charge < -0.3 is 4.42 Å². The van der Waals surface area contributed by atoms with E-state index in [1.165, 1.54) is 40.4 Å². The van der Waals surface area contributed by atoms with Gasteiger partial charge in [0.15, 0.2) is 0 Å². The van der Waals surface area contributed by atoms with E-state index in [1.54, 1.807) is 12.1 Å². The number of amides is 2. The summed E-state index contributed by atoms with van der Waals surface area (Å²) in [6.45, 7) is 2.89. The van der Waals surface area contributed by atoms with Crippen molar-refractivity contribution >= 4 is 21.8 Å². The number of carbonyl (C=O) groups excluding carboxylic acids is 2. The van der Waals surface area contributed by atoms with Crippen molar-refractivity contribution in [1.29, 1.82) is 0 Å².